The Morgan fingerprint density at radius 1 is 0.562 bits per heavy atom. The number of rotatable bonds is 0. The molecule has 0 fully saturated rings. The van der Waals surface area contributed by atoms with Gasteiger partial charge in [0.2, 0.25) is 0 Å². The van der Waals surface area contributed by atoms with Gasteiger partial charge in [-0.15, -0.1) is 0 Å². The standard InChI is InChI=1S/2C5H5.2Mo.2H2S.2S/c2*1-2-4-5-3-1;;;;;;/h2*1-5H;;;2*1H2;;/q2*-1;;;;;;/p-2. The zero-order valence-electron chi connectivity index (χ0n) is 8.30. The van der Waals surface area contributed by atoms with Gasteiger partial charge in [0.1, 0.15) is 0 Å². The van der Waals surface area contributed by atoms with Gasteiger partial charge in [0.25, 0.3) is 0 Å². The first kappa shape index (κ1) is 25.9. The van der Waals surface area contributed by atoms with E-state index in [9.17, 15) is 0 Å². The molecule has 2 rings (SSSR count). The predicted molar refractivity (Wildman–Crippen MR) is 76.8 cm³/mol. The zero-order chi connectivity index (χ0) is 11.1. The molecule has 16 heavy (non-hydrogen) atoms. The van der Waals surface area contributed by atoms with Gasteiger partial charge in [-0.1, -0.05) is 0 Å². The van der Waals surface area contributed by atoms with Crippen LogP contribution in [0, 0.1) is 0 Å². The molecule has 92 valence electrons. The van der Waals surface area contributed by atoms with Crippen LogP contribution in [0.25, 0.3) is 0 Å². The summed E-state index contributed by atoms with van der Waals surface area (Å²) in [6.07, 6.45) is 0. The van der Waals surface area contributed by atoms with E-state index in [0.717, 1.165) is 0 Å². The van der Waals surface area contributed by atoms with Crippen molar-refractivity contribution >= 4 is 46.6 Å². The van der Waals surface area contributed by atoms with E-state index >= 15 is 0 Å². The molecule has 0 unspecified atom stereocenters. The monoisotopic (exact) mass is 456 g/mol. The molecular weight excluding hydrogens is 440 g/mol. The summed E-state index contributed by atoms with van der Waals surface area (Å²) >= 11 is 3.07. The van der Waals surface area contributed by atoms with Crippen molar-refractivity contribution in [1.82, 2.24) is 0 Å². The molecule has 6 heteroatoms. The molecule has 0 nitrogen and oxygen atoms in total. The smallest absolute Gasteiger partial charge is 0.172 e. The summed E-state index contributed by atoms with van der Waals surface area (Å²) in [5.74, 6) is 0. The summed E-state index contributed by atoms with van der Waals surface area (Å²) < 4.78 is 0. The molecule has 0 spiro atoms. The fourth-order valence-corrected chi connectivity index (χ4v) is 0.642. The van der Waals surface area contributed by atoms with Crippen molar-refractivity contribution in [3.05, 3.63) is 60.7 Å². The van der Waals surface area contributed by atoms with Crippen molar-refractivity contribution in [3.63, 3.8) is 0 Å². The third kappa shape index (κ3) is 24.4. The fraction of sp³-hybridized carbons (Fsp3) is 0. The Balaban J connectivity index is -0.0000000631. The first-order chi connectivity index (χ1) is 7.00. The Morgan fingerprint density at radius 3 is 0.812 bits per heavy atom. The van der Waals surface area contributed by atoms with Gasteiger partial charge >= 0.3 is 55.6 Å². The van der Waals surface area contributed by atoms with Gasteiger partial charge < -0.3 is 27.0 Å². The summed E-state index contributed by atoms with van der Waals surface area (Å²) in [5.41, 5.74) is 0. The number of thiol groups is 2. The molecule has 0 aliphatic carbocycles. The molecule has 0 radical (unpaired) electrons. The van der Waals surface area contributed by atoms with Crippen LogP contribution >= 0.6 is 19.6 Å². The van der Waals surface area contributed by atoms with E-state index in [4.69, 9.17) is 0 Å². The van der Waals surface area contributed by atoms with Crippen LogP contribution in [0.3, 0.4) is 0 Å². The Hall–Kier alpha value is 1.22. The molecule has 0 aliphatic rings. The van der Waals surface area contributed by atoms with Crippen LogP contribution in [-0.2, 0) is 63.0 Å². The van der Waals surface area contributed by atoms with Crippen molar-refractivity contribution in [2.24, 2.45) is 0 Å². The van der Waals surface area contributed by atoms with E-state index in [1.54, 1.807) is 0 Å². The molecule has 2 aromatic carbocycles. The maximum Gasteiger partial charge on any atom is -0.172 e. The molecular formula is C10H12Mo2S4-4. The minimum absolute atomic E-state index is 0. The molecule has 0 aliphatic heterocycles. The van der Waals surface area contributed by atoms with Crippen LogP contribution in [0.4, 0.5) is 0 Å². The summed E-state index contributed by atoms with van der Waals surface area (Å²) in [6, 6.07) is 20.0. The second-order valence-electron chi connectivity index (χ2n) is 1.92. The predicted octanol–water partition coefficient (Wildman–Crippen LogP) is 3.56. The van der Waals surface area contributed by atoms with Crippen LogP contribution in [0.2, 0.25) is 0 Å². The topological polar surface area (TPSA) is 0 Å². The third-order valence-corrected chi connectivity index (χ3v) is 1.11. The van der Waals surface area contributed by atoms with Gasteiger partial charge in [0.05, 0.1) is 0 Å². The van der Waals surface area contributed by atoms with E-state index in [-0.39, 0.29) is 27.0 Å². The van der Waals surface area contributed by atoms with Gasteiger partial charge in [-0.2, -0.15) is 36.4 Å². The van der Waals surface area contributed by atoms with E-state index in [0.29, 0.717) is 0 Å². The average Bonchev–Trinajstić information content (AvgIpc) is 3.01. The summed E-state index contributed by atoms with van der Waals surface area (Å²) in [5, 5.41) is 0. The van der Waals surface area contributed by atoms with E-state index in [1.807, 2.05) is 60.7 Å². The van der Waals surface area contributed by atoms with Crippen LogP contribution in [0.5, 0.6) is 0 Å². The molecule has 0 aromatic heterocycles. The minimum Gasteiger partial charge on any atom is -0.214 e. The quantitative estimate of drug-likeness (QED) is 0.259. The number of hydrogen-bond donors (Lipinski definition) is 0. The molecule has 0 amide bonds. The Kier molecular flexibility index (Phi) is 48.3. The van der Waals surface area contributed by atoms with Crippen LogP contribution in [0.1, 0.15) is 0 Å². The maximum atomic E-state index is 4.09. The van der Waals surface area contributed by atoms with Crippen LogP contribution < -0.4 is 0 Å². The second-order valence-corrected chi connectivity index (χ2v) is 1.92. The van der Waals surface area contributed by atoms with Crippen molar-refractivity contribution in [3.8, 4) is 0 Å². The second kappa shape index (κ2) is 29.8. The van der Waals surface area contributed by atoms with Crippen molar-refractivity contribution < 1.29 is 36.0 Å². The Bertz CT molecular complexity index is 183. The Labute approximate surface area is 142 Å². The number of hydrogen-bond acceptors (Lipinski definition) is 4. The molecule has 0 saturated heterocycles. The SMILES string of the molecule is [SH-].[SH-].[S]=[Mo].[S]=[Mo].c1cc[cH-]c1.c1cc[cH-]c1. The molecule has 0 atom stereocenters. The van der Waals surface area contributed by atoms with Crippen molar-refractivity contribution in [2.75, 3.05) is 0 Å². The van der Waals surface area contributed by atoms with Gasteiger partial charge in [0, 0.05) is 0 Å². The van der Waals surface area contributed by atoms with E-state index in [1.165, 1.54) is 36.0 Å². The molecule has 0 heterocycles. The van der Waals surface area contributed by atoms with Crippen molar-refractivity contribution in [2.45, 2.75) is 0 Å². The van der Waals surface area contributed by atoms with Gasteiger partial charge in [-0.05, 0) is 0 Å². The van der Waals surface area contributed by atoms with Gasteiger partial charge in [0.15, 0.2) is 0 Å². The fourth-order valence-electron chi connectivity index (χ4n) is 0.642. The molecule has 0 bridgehead atoms. The molecule has 2 aromatic rings. The first-order valence-corrected chi connectivity index (χ1v) is 9.25. The van der Waals surface area contributed by atoms with E-state index < -0.39 is 0 Å². The summed E-state index contributed by atoms with van der Waals surface area (Å²) in [6.45, 7) is 0. The first-order valence-electron chi connectivity index (χ1n) is 3.67. The third-order valence-electron chi connectivity index (χ3n) is 1.11. The largest absolute Gasteiger partial charge is 0.214 e. The molecule has 0 saturated carbocycles. The maximum absolute atomic E-state index is 4.09. The molecule has 0 N–H and O–H groups in total. The van der Waals surface area contributed by atoms with Gasteiger partial charge in [-0.3, -0.25) is 0 Å². The summed E-state index contributed by atoms with van der Waals surface area (Å²) in [4.78, 5) is 0. The summed E-state index contributed by atoms with van der Waals surface area (Å²) in [7, 11) is 8.19. The van der Waals surface area contributed by atoms with Crippen LogP contribution in [-0.4, -0.2) is 0 Å². The van der Waals surface area contributed by atoms with Crippen molar-refractivity contribution in [1.29, 1.82) is 0 Å². The van der Waals surface area contributed by atoms with Crippen LogP contribution in [0.15, 0.2) is 60.7 Å². The zero-order valence-corrected chi connectivity index (χ0v) is 15.7. The normalized spacial score (nSPS) is 5.50. The average molecular weight is 452 g/mol. The minimum atomic E-state index is 0. The van der Waals surface area contributed by atoms with Gasteiger partial charge in [-0.25, -0.2) is 24.3 Å². The Morgan fingerprint density at radius 2 is 0.750 bits per heavy atom. The van der Waals surface area contributed by atoms with E-state index in [2.05, 4.69) is 19.6 Å².